The van der Waals surface area contributed by atoms with Crippen LogP contribution in [0, 0.1) is 0 Å². The molecule has 1 unspecified atom stereocenters. The Morgan fingerprint density at radius 1 is 0.667 bits per heavy atom. The molecule has 0 aliphatic rings. The first-order valence-electron chi connectivity index (χ1n) is 11.7. The Bertz CT molecular complexity index is 1480. The van der Waals surface area contributed by atoms with Crippen LogP contribution in [-0.4, -0.2) is 27.3 Å². The lowest BCUT2D eigenvalue weighted by Crippen LogP contribution is -2.09. The summed E-state index contributed by atoms with van der Waals surface area (Å²) in [6.45, 7) is 2.97. The number of aromatic amines is 2. The molecule has 2 heterocycles. The van der Waals surface area contributed by atoms with Gasteiger partial charge in [-0.2, -0.15) is 0 Å². The van der Waals surface area contributed by atoms with Crippen molar-refractivity contribution in [3.8, 4) is 56.5 Å². The Morgan fingerprint density at radius 3 is 1.56 bits per heavy atom. The normalized spacial score (nSPS) is 11.8. The zero-order valence-electron chi connectivity index (χ0n) is 20.0. The number of aromatic nitrogens is 2. The molecule has 0 saturated heterocycles. The van der Waals surface area contributed by atoms with Crippen LogP contribution in [0.25, 0.3) is 45.0 Å². The number of aliphatic hydroxyl groups is 1. The van der Waals surface area contributed by atoms with E-state index in [2.05, 4.69) is 46.4 Å². The van der Waals surface area contributed by atoms with Gasteiger partial charge in [0.2, 0.25) is 0 Å². The highest BCUT2D eigenvalue weighted by Gasteiger charge is 2.09. The van der Waals surface area contributed by atoms with Crippen LogP contribution in [0.5, 0.6) is 11.5 Å². The summed E-state index contributed by atoms with van der Waals surface area (Å²) in [6.07, 6.45) is -0.844. The van der Waals surface area contributed by atoms with Gasteiger partial charge in [-0.3, -0.25) is 4.79 Å². The van der Waals surface area contributed by atoms with Crippen molar-refractivity contribution in [2.75, 3.05) is 0 Å². The number of esters is 1. The molecule has 1 atom stereocenters. The summed E-state index contributed by atoms with van der Waals surface area (Å²) < 4.78 is 10.4. The molecule has 0 aliphatic heterocycles. The van der Waals surface area contributed by atoms with E-state index in [9.17, 15) is 9.90 Å². The van der Waals surface area contributed by atoms with Gasteiger partial charge in [0.1, 0.15) is 11.5 Å². The molecule has 0 aliphatic carbocycles. The lowest BCUT2D eigenvalue weighted by atomic mass is 10.1. The summed E-state index contributed by atoms with van der Waals surface area (Å²) in [4.78, 5) is 18.1. The standard InChI is InChI=1S/C30H26N2O4/c1-19(33)35-25-10-6-21(7-11-25)27-14-16-29(31-27)23-4-3-5-24(18-23)30-17-15-28(32-30)22-8-12-26(13-9-22)36-20(2)34/h3-19,31-33H,1-2H3. The van der Waals surface area contributed by atoms with Crippen molar-refractivity contribution in [2.24, 2.45) is 0 Å². The van der Waals surface area contributed by atoms with E-state index < -0.39 is 6.29 Å². The molecule has 5 aromatic rings. The fourth-order valence-electron chi connectivity index (χ4n) is 4.10. The van der Waals surface area contributed by atoms with E-state index >= 15 is 0 Å². The number of aliphatic hydroxyl groups excluding tert-OH is 1. The molecule has 2 aromatic heterocycles. The van der Waals surface area contributed by atoms with E-state index in [1.54, 1.807) is 19.1 Å². The minimum absolute atomic E-state index is 0.334. The van der Waals surface area contributed by atoms with Gasteiger partial charge in [0.25, 0.3) is 0 Å². The monoisotopic (exact) mass is 478 g/mol. The SMILES string of the molecule is CC(=O)Oc1ccc(-c2ccc(-c3cccc(-c4ccc(-c5ccc(OC(C)O)cc5)[nH]4)c3)[nH]2)cc1. The number of carbonyl (C=O) groups is 1. The molecular formula is C30H26N2O4. The molecule has 6 nitrogen and oxygen atoms in total. The van der Waals surface area contributed by atoms with Gasteiger partial charge in [0, 0.05) is 29.7 Å². The average Bonchev–Trinajstić information content (AvgIpc) is 3.55. The van der Waals surface area contributed by atoms with Crippen LogP contribution in [0.4, 0.5) is 0 Å². The van der Waals surface area contributed by atoms with E-state index in [-0.39, 0.29) is 5.97 Å². The third kappa shape index (κ3) is 5.24. The molecule has 3 aromatic carbocycles. The van der Waals surface area contributed by atoms with Gasteiger partial charge in [0.05, 0.1) is 0 Å². The number of carbonyl (C=O) groups excluding carboxylic acids is 1. The summed E-state index contributed by atoms with van der Waals surface area (Å²) in [7, 11) is 0. The van der Waals surface area contributed by atoms with Gasteiger partial charge in [-0.05, 0) is 108 Å². The van der Waals surface area contributed by atoms with Crippen LogP contribution in [0.15, 0.2) is 97.1 Å². The van der Waals surface area contributed by atoms with Gasteiger partial charge in [-0.1, -0.05) is 18.2 Å². The number of H-pyrrole nitrogens is 2. The Balaban J connectivity index is 1.34. The second-order valence-corrected chi connectivity index (χ2v) is 8.51. The smallest absolute Gasteiger partial charge is 0.308 e. The van der Waals surface area contributed by atoms with E-state index in [0.29, 0.717) is 11.5 Å². The Hall–Kier alpha value is -4.55. The number of rotatable bonds is 7. The minimum atomic E-state index is -0.844. The molecule has 0 fully saturated rings. The van der Waals surface area contributed by atoms with Crippen molar-refractivity contribution in [2.45, 2.75) is 20.1 Å². The Morgan fingerprint density at radius 2 is 1.11 bits per heavy atom. The Kier molecular flexibility index (Phi) is 6.43. The molecule has 5 rings (SSSR count). The molecule has 0 radical (unpaired) electrons. The van der Waals surface area contributed by atoms with Crippen LogP contribution in [0.3, 0.4) is 0 Å². The van der Waals surface area contributed by atoms with Crippen LogP contribution in [0.1, 0.15) is 13.8 Å². The quantitative estimate of drug-likeness (QED) is 0.139. The van der Waals surface area contributed by atoms with Gasteiger partial charge in [-0.25, -0.2) is 0 Å². The number of hydrogen-bond donors (Lipinski definition) is 3. The highest BCUT2D eigenvalue weighted by molar-refractivity contribution is 5.75. The van der Waals surface area contributed by atoms with Crippen molar-refractivity contribution in [3.05, 3.63) is 97.1 Å². The van der Waals surface area contributed by atoms with E-state index in [4.69, 9.17) is 9.47 Å². The second kappa shape index (κ2) is 9.98. The molecule has 0 amide bonds. The number of hydrogen-bond acceptors (Lipinski definition) is 4. The summed E-state index contributed by atoms with van der Waals surface area (Å²) in [5, 5.41) is 9.38. The van der Waals surface area contributed by atoms with Gasteiger partial charge >= 0.3 is 5.97 Å². The van der Waals surface area contributed by atoms with Crippen molar-refractivity contribution >= 4 is 5.97 Å². The largest absolute Gasteiger partial charge is 0.465 e. The van der Waals surface area contributed by atoms with Gasteiger partial charge in [0.15, 0.2) is 6.29 Å². The topological polar surface area (TPSA) is 87.3 Å². The minimum Gasteiger partial charge on any atom is -0.465 e. The maximum atomic E-state index is 11.1. The van der Waals surface area contributed by atoms with Crippen LogP contribution >= 0.6 is 0 Å². The van der Waals surface area contributed by atoms with E-state index in [0.717, 1.165) is 45.0 Å². The third-order valence-electron chi connectivity index (χ3n) is 5.76. The maximum absolute atomic E-state index is 11.1. The first-order chi connectivity index (χ1) is 17.4. The predicted molar refractivity (Wildman–Crippen MR) is 141 cm³/mol. The number of nitrogens with one attached hydrogen (secondary N) is 2. The first-order valence-corrected chi connectivity index (χ1v) is 11.7. The summed E-state index contributed by atoms with van der Waals surface area (Å²) in [5.41, 5.74) is 8.20. The fourth-order valence-corrected chi connectivity index (χ4v) is 4.10. The number of benzene rings is 3. The summed E-state index contributed by atoms with van der Waals surface area (Å²) in [6, 6.07) is 31.6. The lowest BCUT2D eigenvalue weighted by Gasteiger charge is -2.08. The van der Waals surface area contributed by atoms with Gasteiger partial charge < -0.3 is 24.5 Å². The van der Waals surface area contributed by atoms with Crippen LogP contribution < -0.4 is 9.47 Å². The molecule has 0 bridgehead atoms. The molecule has 3 N–H and O–H groups in total. The first kappa shape index (κ1) is 23.2. The zero-order chi connectivity index (χ0) is 25.1. The van der Waals surface area contributed by atoms with E-state index in [1.807, 2.05) is 48.5 Å². The molecule has 0 spiro atoms. The van der Waals surface area contributed by atoms with Crippen molar-refractivity contribution in [1.29, 1.82) is 0 Å². The second-order valence-electron chi connectivity index (χ2n) is 8.51. The molecule has 36 heavy (non-hydrogen) atoms. The molecule has 6 heteroatoms. The van der Waals surface area contributed by atoms with Gasteiger partial charge in [-0.15, -0.1) is 0 Å². The fraction of sp³-hybridized carbons (Fsp3) is 0.100. The third-order valence-corrected chi connectivity index (χ3v) is 5.76. The molecular weight excluding hydrogens is 452 g/mol. The number of ether oxygens (including phenoxy) is 2. The summed E-state index contributed by atoms with van der Waals surface area (Å²) >= 11 is 0. The van der Waals surface area contributed by atoms with E-state index in [1.165, 1.54) is 6.92 Å². The average molecular weight is 479 g/mol. The molecule has 180 valence electrons. The lowest BCUT2D eigenvalue weighted by molar-refractivity contribution is -0.131. The predicted octanol–water partition coefficient (Wildman–Crippen LogP) is 6.65. The van der Waals surface area contributed by atoms with Crippen molar-refractivity contribution in [1.82, 2.24) is 9.97 Å². The van der Waals surface area contributed by atoms with Crippen molar-refractivity contribution < 1.29 is 19.4 Å². The maximum Gasteiger partial charge on any atom is 0.308 e. The molecule has 0 saturated carbocycles. The highest BCUT2D eigenvalue weighted by Crippen LogP contribution is 2.31. The van der Waals surface area contributed by atoms with Crippen molar-refractivity contribution in [3.63, 3.8) is 0 Å². The van der Waals surface area contributed by atoms with Crippen LogP contribution in [-0.2, 0) is 4.79 Å². The Labute approximate surface area is 209 Å². The zero-order valence-corrected chi connectivity index (χ0v) is 20.0. The van der Waals surface area contributed by atoms with Crippen LogP contribution in [0.2, 0.25) is 0 Å². The highest BCUT2D eigenvalue weighted by atomic mass is 16.6. The summed E-state index contributed by atoms with van der Waals surface area (Å²) in [5.74, 6) is 0.818.